The summed E-state index contributed by atoms with van der Waals surface area (Å²) < 4.78 is 15.1. The van der Waals surface area contributed by atoms with Crippen LogP contribution < -0.4 is 0 Å². The van der Waals surface area contributed by atoms with Crippen LogP contribution in [0.4, 0.5) is 4.39 Å². The van der Waals surface area contributed by atoms with Crippen molar-refractivity contribution in [1.29, 1.82) is 0 Å². The maximum Gasteiger partial charge on any atom is 0.242 e. The van der Waals surface area contributed by atoms with E-state index in [-0.39, 0.29) is 11.7 Å². The first-order chi connectivity index (χ1) is 9.24. The van der Waals surface area contributed by atoms with E-state index < -0.39 is 0 Å². The molecule has 0 bridgehead atoms. The smallest absolute Gasteiger partial charge is 0.242 e. The Bertz CT molecular complexity index is 599. The minimum absolute atomic E-state index is 0.126. The van der Waals surface area contributed by atoms with Gasteiger partial charge in [0.05, 0.1) is 5.52 Å². The molecule has 19 heavy (non-hydrogen) atoms. The lowest BCUT2D eigenvalue weighted by Crippen LogP contribution is -2.37. The molecule has 1 aliphatic rings. The molecule has 0 atom stereocenters. The average molecular weight is 260 g/mol. The number of halogens is 1. The largest absolute Gasteiger partial charge is 0.341 e. The van der Waals surface area contributed by atoms with Gasteiger partial charge in [-0.2, -0.15) is 0 Å². The summed E-state index contributed by atoms with van der Waals surface area (Å²) in [5.41, 5.74) is 0.783. The van der Waals surface area contributed by atoms with Crippen LogP contribution in [0.1, 0.15) is 19.3 Å². The zero-order chi connectivity index (χ0) is 13.2. The van der Waals surface area contributed by atoms with Gasteiger partial charge in [-0.3, -0.25) is 4.79 Å². The second-order valence-corrected chi connectivity index (χ2v) is 5.09. The summed E-state index contributed by atoms with van der Waals surface area (Å²) in [6, 6.07) is 6.59. The Hall–Kier alpha value is -1.84. The van der Waals surface area contributed by atoms with Crippen molar-refractivity contribution >= 4 is 16.8 Å². The normalized spacial score (nSPS) is 15.9. The molecule has 1 amide bonds. The summed E-state index contributed by atoms with van der Waals surface area (Å²) in [5.74, 6) is -0.140. The van der Waals surface area contributed by atoms with Crippen LogP contribution in [0.3, 0.4) is 0 Å². The summed E-state index contributed by atoms with van der Waals surface area (Å²) in [6.07, 6.45) is 5.24. The highest BCUT2D eigenvalue weighted by atomic mass is 19.1. The van der Waals surface area contributed by atoms with Gasteiger partial charge in [0, 0.05) is 19.3 Å². The number of nitrogens with zero attached hydrogens (tertiary/aromatic N) is 2. The lowest BCUT2D eigenvalue weighted by molar-refractivity contribution is -0.132. The zero-order valence-corrected chi connectivity index (χ0v) is 10.8. The molecule has 4 heteroatoms. The number of likely N-dealkylation sites (tertiary alicyclic amines) is 1. The molecule has 0 radical (unpaired) electrons. The molecule has 3 rings (SSSR count). The second kappa shape index (κ2) is 5.03. The number of carbonyl (C=O) groups excluding carboxylic acids is 1. The van der Waals surface area contributed by atoms with Crippen LogP contribution in [0.2, 0.25) is 0 Å². The number of piperidine rings is 1. The molecule has 0 saturated carbocycles. The summed E-state index contributed by atoms with van der Waals surface area (Å²) in [5, 5.41) is 0.966. The first-order valence-electron chi connectivity index (χ1n) is 6.76. The fraction of sp³-hybridized carbons (Fsp3) is 0.400. The molecule has 1 aromatic carbocycles. The number of fused-ring (bicyclic) bond motifs is 1. The minimum atomic E-state index is -0.266. The van der Waals surface area contributed by atoms with E-state index in [1.807, 2.05) is 21.7 Å². The molecule has 2 heterocycles. The number of amides is 1. The molecule has 1 aromatic heterocycles. The third kappa shape index (κ3) is 2.48. The van der Waals surface area contributed by atoms with Crippen LogP contribution in [0.5, 0.6) is 0 Å². The van der Waals surface area contributed by atoms with E-state index in [2.05, 4.69) is 0 Å². The highest BCUT2D eigenvalue weighted by Gasteiger charge is 2.17. The lowest BCUT2D eigenvalue weighted by atomic mass is 10.1. The van der Waals surface area contributed by atoms with E-state index in [1.165, 1.54) is 18.6 Å². The van der Waals surface area contributed by atoms with Gasteiger partial charge in [-0.25, -0.2) is 4.39 Å². The summed E-state index contributed by atoms with van der Waals surface area (Å²) in [6.45, 7) is 2.01. The Kier molecular flexibility index (Phi) is 3.23. The van der Waals surface area contributed by atoms with Gasteiger partial charge in [0.15, 0.2) is 0 Å². The summed E-state index contributed by atoms with van der Waals surface area (Å²) >= 11 is 0. The van der Waals surface area contributed by atoms with E-state index in [0.29, 0.717) is 6.54 Å². The molecule has 0 aliphatic carbocycles. The molecular formula is C15H17FN2O. The maximum atomic E-state index is 13.3. The van der Waals surface area contributed by atoms with Crippen molar-refractivity contribution in [3.8, 4) is 0 Å². The van der Waals surface area contributed by atoms with Crippen molar-refractivity contribution in [1.82, 2.24) is 9.47 Å². The quantitative estimate of drug-likeness (QED) is 0.815. The number of benzene rings is 1. The van der Waals surface area contributed by atoms with Gasteiger partial charge in [-0.1, -0.05) is 0 Å². The summed E-state index contributed by atoms with van der Waals surface area (Å²) in [4.78, 5) is 14.1. The van der Waals surface area contributed by atoms with E-state index in [1.54, 1.807) is 6.07 Å². The first kappa shape index (κ1) is 12.2. The van der Waals surface area contributed by atoms with Crippen molar-refractivity contribution in [2.24, 2.45) is 0 Å². The molecular weight excluding hydrogens is 243 g/mol. The number of aromatic nitrogens is 1. The van der Waals surface area contributed by atoms with Gasteiger partial charge >= 0.3 is 0 Å². The van der Waals surface area contributed by atoms with Gasteiger partial charge in [0.1, 0.15) is 12.4 Å². The van der Waals surface area contributed by atoms with Gasteiger partial charge in [0.25, 0.3) is 0 Å². The fourth-order valence-electron chi connectivity index (χ4n) is 2.68. The third-order valence-corrected chi connectivity index (χ3v) is 3.75. The van der Waals surface area contributed by atoms with Gasteiger partial charge < -0.3 is 9.47 Å². The van der Waals surface area contributed by atoms with Crippen LogP contribution >= 0.6 is 0 Å². The van der Waals surface area contributed by atoms with Crippen molar-refractivity contribution in [2.75, 3.05) is 13.1 Å². The van der Waals surface area contributed by atoms with E-state index in [9.17, 15) is 9.18 Å². The molecule has 1 saturated heterocycles. The Morgan fingerprint density at radius 2 is 1.95 bits per heavy atom. The average Bonchev–Trinajstić information content (AvgIpc) is 2.82. The van der Waals surface area contributed by atoms with Crippen molar-refractivity contribution < 1.29 is 9.18 Å². The van der Waals surface area contributed by atoms with Crippen LogP contribution in [0.15, 0.2) is 30.5 Å². The molecule has 1 aliphatic heterocycles. The predicted octanol–water partition coefficient (Wildman–Crippen LogP) is 2.79. The molecule has 3 nitrogen and oxygen atoms in total. The predicted molar refractivity (Wildman–Crippen MR) is 72.3 cm³/mol. The Morgan fingerprint density at radius 1 is 1.16 bits per heavy atom. The Morgan fingerprint density at radius 3 is 2.74 bits per heavy atom. The van der Waals surface area contributed by atoms with E-state index in [0.717, 1.165) is 36.8 Å². The number of hydrogen-bond donors (Lipinski definition) is 0. The Balaban J connectivity index is 1.80. The second-order valence-electron chi connectivity index (χ2n) is 5.09. The molecule has 0 N–H and O–H groups in total. The van der Waals surface area contributed by atoms with Crippen LogP contribution in [0, 0.1) is 5.82 Å². The van der Waals surface area contributed by atoms with E-state index in [4.69, 9.17) is 0 Å². The maximum absolute atomic E-state index is 13.3. The molecule has 0 spiro atoms. The fourth-order valence-corrected chi connectivity index (χ4v) is 2.68. The monoisotopic (exact) mass is 260 g/mol. The highest BCUT2D eigenvalue weighted by Crippen LogP contribution is 2.18. The third-order valence-electron chi connectivity index (χ3n) is 3.75. The molecule has 0 unspecified atom stereocenters. The standard InChI is InChI=1S/C15H17FN2O/c16-13-5-4-12-6-9-18(14(12)10-13)11-15(19)17-7-2-1-3-8-17/h4-6,9-10H,1-3,7-8,11H2. The van der Waals surface area contributed by atoms with Crippen molar-refractivity contribution in [3.63, 3.8) is 0 Å². The number of carbonyl (C=O) groups is 1. The number of hydrogen-bond acceptors (Lipinski definition) is 1. The highest BCUT2D eigenvalue weighted by molar-refractivity contribution is 5.83. The lowest BCUT2D eigenvalue weighted by Gasteiger charge is -2.27. The topological polar surface area (TPSA) is 25.2 Å². The molecule has 100 valence electrons. The van der Waals surface area contributed by atoms with Crippen molar-refractivity contribution in [3.05, 3.63) is 36.3 Å². The van der Waals surface area contributed by atoms with Crippen LogP contribution in [0.25, 0.3) is 10.9 Å². The zero-order valence-electron chi connectivity index (χ0n) is 10.8. The summed E-state index contributed by atoms with van der Waals surface area (Å²) in [7, 11) is 0. The Labute approximate surface area is 111 Å². The van der Waals surface area contributed by atoms with Gasteiger partial charge in [-0.05, 0) is 48.9 Å². The van der Waals surface area contributed by atoms with Gasteiger partial charge in [-0.15, -0.1) is 0 Å². The van der Waals surface area contributed by atoms with Crippen LogP contribution in [-0.4, -0.2) is 28.5 Å². The van der Waals surface area contributed by atoms with Crippen molar-refractivity contribution in [2.45, 2.75) is 25.8 Å². The SMILES string of the molecule is O=C(Cn1ccc2ccc(F)cc21)N1CCCCC1. The number of rotatable bonds is 2. The van der Waals surface area contributed by atoms with Gasteiger partial charge in [0.2, 0.25) is 5.91 Å². The first-order valence-corrected chi connectivity index (χ1v) is 6.76. The van der Waals surface area contributed by atoms with Crippen LogP contribution in [-0.2, 0) is 11.3 Å². The minimum Gasteiger partial charge on any atom is -0.341 e. The molecule has 2 aromatic rings. The van der Waals surface area contributed by atoms with E-state index >= 15 is 0 Å². The molecule has 1 fully saturated rings.